The zero-order valence-electron chi connectivity index (χ0n) is 9.21. The fourth-order valence-corrected chi connectivity index (χ4v) is 2.09. The molecule has 2 nitrogen and oxygen atoms in total. The molecule has 14 heavy (non-hydrogen) atoms. The number of carbonyl (C=O) groups excluding carboxylic acids is 2. The van der Waals surface area contributed by atoms with Crippen LogP contribution in [0.3, 0.4) is 0 Å². The molecule has 0 aromatic rings. The van der Waals surface area contributed by atoms with Gasteiger partial charge in [-0.1, -0.05) is 19.8 Å². The second-order valence-electron chi connectivity index (χ2n) is 4.63. The van der Waals surface area contributed by atoms with Crippen LogP contribution in [0.4, 0.5) is 0 Å². The van der Waals surface area contributed by atoms with Crippen LogP contribution >= 0.6 is 0 Å². The maximum Gasteiger partial charge on any atom is 0.136 e. The van der Waals surface area contributed by atoms with Gasteiger partial charge in [0.05, 0.1) is 0 Å². The number of hydrogen-bond acceptors (Lipinski definition) is 2. The summed E-state index contributed by atoms with van der Waals surface area (Å²) in [5, 5.41) is 0. The van der Waals surface area contributed by atoms with Crippen molar-refractivity contribution in [3.63, 3.8) is 0 Å². The van der Waals surface area contributed by atoms with Gasteiger partial charge in [-0.15, -0.1) is 0 Å². The predicted molar refractivity (Wildman–Crippen MR) is 56.0 cm³/mol. The molecule has 1 fully saturated rings. The molecule has 1 rings (SSSR count). The molecule has 0 saturated heterocycles. The molecule has 1 aliphatic rings. The maximum atomic E-state index is 11.7. The molecule has 80 valence electrons. The zero-order valence-corrected chi connectivity index (χ0v) is 9.21. The van der Waals surface area contributed by atoms with Crippen molar-refractivity contribution in [1.29, 1.82) is 0 Å². The Morgan fingerprint density at radius 2 is 1.64 bits per heavy atom. The first-order valence-electron chi connectivity index (χ1n) is 5.61. The molecule has 0 atom stereocenters. The highest BCUT2D eigenvalue weighted by Gasteiger charge is 2.23. The largest absolute Gasteiger partial charge is 0.300 e. The van der Waals surface area contributed by atoms with Gasteiger partial charge in [0.2, 0.25) is 0 Å². The summed E-state index contributed by atoms with van der Waals surface area (Å²) in [6.07, 6.45) is 5.34. The van der Waals surface area contributed by atoms with E-state index in [1.54, 1.807) is 6.92 Å². The quantitative estimate of drug-likeness (QED) is 0.692. The van der Waals surface area contributed by atoms with Gasteiger partial charge in [0, 0.05) is 18.8 Å². The van der Waals surface area contributed by atoms with Crippen LogP contribution in [0.1, 0.15) is 52.4 Å². The van der Waals surface area contributed by atoms with E-state index in [1.807, 2.05) is 0 Å². The van der Waals surface area contributed by atoms with Gasteiger partial charge in [0.1, 0.15) is 11.6 Å². The first-order chi connectivity index (χ1) is 6.59. The molecule has 1 aliphatic carbocycles. The number of rotatable bonds is 4. The highest BCUT2D eigenvalue weighted by atomic mass is 16.1. The zero-order chi connectivity index (χ0) is 10.6. The third-order valence-corrected chi connectivity index (χ3v) is 3.19. The summed E-state index contributed by atoms with van der Waals surface area (Å²) in [7, 11) is 0. The molecule has 0 radical (unpaired) electrons. The van der Waals surface area contributed by atoms with E-state index in [1.165, 1.54) is 12.8 Å². The Balaban J connectivity index is 2.27. The van der Waals surface area contributed by atoms with Gasteiger partial charge in [0.15, 0.2) is 0 Å². The van der Waals surface area contributed by atoms with Gasteiger partial charge in [-0.3, -0.25) is 4.79 Å². The number of carbonyl (C=O) groups is 2. The van der Waals surface area contributed by atoms with Gasteiger partial charge in [-0.2, -0.15) is 0 Å². The molecule has 0 aromatic carbocycles. The molecule has 0 unspecified atom stereocenters. The fraction of sp³-hybridized carbons (Fsp3) is 0.833. The van der Waals surface area contributed by atoms with E-state index < -0.39 is 0 Å². The number of ketones is 2. The maximum absolute atomic E-state index is 11.7. The molecule has 0 N–H and O–H groups in total. The van der Waals surface area contributed by atoms with Crippen LogP contribution in [0, 0.1) is 11.8 Å². The average molecular weight is 196 g/mol. The Labute approximate surface area is 86.1 Å². The highest BCUT2D eigenvalue weighted by Crippen LogP contribution is 2.29. The van der Waals surface area contributed by atoms with Crippen LogP contribution in [0.2, 0.25) is 0 Å². The van der Waals surface area contributed by atoms with Crippen molar-refractivity contribution < 1.29 is 9.59 Å². The van der Waals surface area contributed by atoms with Gasteiger partial charge in [0.25, 0.3) is 0 Å². The SMILES string of the molecule is CC(=O)CCC(=O)[C@H]1CC[C@H](C)CC1. The summed E-state index contributed by atoms with van der Waals surface area (Å²) >= 11 is 0. The van der Waals surface area contributed by atoms with Crippen molar-refractivity contribution in [2.75, 3.05) is 0 Å². The van der Waals surface area contributed by atoms with E-state index in [0.717, 1.165) is 18.8 Å². The predicted octanol–water partition coefficient (Wildman–Crippen LogP) is 2.75. The topological polar surface area (TPSA) is 34.1 Å². The van der Waals surface area contributed by atoms with E-state index >= 15 is 0 Å². The molecule has 0 spiro atoms. The van der Waals surface area contributed by atoms with Crippen LogP contribution in [-0.4, -0.2) is 11.6 Å². The minimum atomic E-state index is 0.127. The number of Topliss-reactive ketones (excluding diaryl/α,β-unsaturated/α-hetero) is 2. The van der Waals surface area contributed by atoms with Gasteiger partial charge < -0.3 is 4.79 Å². The minimum absolute atomic E-state index is 0.127. The molecule has 2 heteroatoms. The van der Waals surface area contributed by atoms with Crippen molar-refractivity contribution >= 4 is 11.6 Å². The molecular formula is C12H20O2. The van der Waals surface area contributed by atoms with Crippen LogP contribution in [-0.2, 0) is 9.59 Å². The molecular weight excluding hydrogens is 176 g/mol. The summed E-state index contributed by atoms with van der Waals surface area (Å²) in [4.78, 5) is 22.4. The van der Waals surface area contributed by atoms with E-state index in [0.29, 0.717) is 18.6 Å². The molecule has 0 aromatic heterocycles. The summed E-state index contributed by atoms with van der Waals surface area (Å²) < 4.78 is 0. The van der Waals surface area contributed by atoms with Gasteiger partial charge >= 0.3 is 0 Å². The average Bonchev–Trinajstić information content (AvgIpc) is 2.15. The van der Waals surface area contributed by atoms with Crippen molar-refractivity contribution in [1.82, 2.24) is 0 Å². The van der Waals surface area contributed by atoms with Crippen LogP contribution in [0.5, 0.6) is 0 Å². The molecule has 0 amide bonds. The van der Waals surface area contributed by atoms with E-state index in [-0.39, 0.29) is 11.7 Å². The Morgan fingerprint density at radius 3 is 2.14 bits per heavy atom. The Kier molecular flexibility index (Phi) is 4.30. The lowest BCUT2D eigenvalue weighted by Gasteiger charge is -2.24. The lowest BCUT2D eigenvalue weighted by atomic mass is 9.80. The van der Waals surface area contributed by atoms with Gasteiger partial charge in [-0.05, 0) is 25.7 Å². The Morgan fingerprint density at radius 1 is 1.07 bits per heavy atom. The third kappa shape index (κ3) is 3.60. The lowest BCUT2D eigenvalue weighted by Crippen LogP contribution is -2.21. The van der Waals surface area contributed by atoms with Crippen molar-refractivity contribution in [2.45, 2.75) is 52.4 Å². The lowest BCUT2D eigenvalue weighted by molar-refractivity contribution is -0.126. The molecule has 0 aliphatic heterocycles. The van der Waals surface area contributed by atoms with Crippen molar-refractivity contribution in [3.8, 4) is 0 Å². The summed E-state index contributed by atoms with van der Waals surface area (Å²) in [6, 6.07) is 0. The van der Waals surface area contributed by atoms with Crippen LogP contribution in [0.25, 0.3) is 0 Å². The molecule has 0 bridgehead atoms. The molecule has 0 heterocycles. The second kappa shape index (κ2) is 5.28. The third-order valence-electron chi connectivity index (χ3n) is 3.19. The van der Waals surface area contributed by atoms with Crippen molar-refractivity contribution in [3.05, 3.63) is 0 Å². The summed E-state index contributed by atoms with van der Waals surface area (Å²) in [5.41, 5.74) is 0. The summed E-state index contributed by atoms with van der Waals surface area (Å²) in [6.45, 7) is 3.80. The van der Waals surface area contributed by atoms with Crippen LogP contribution in [0.15, 0.2) is 0 Å². The highest BCUT2D eigenvalue weighted by molar-refractivity contribution is 5.86. The Bertz CT molecular complexity index is 212. The van der Waals surface area contributed by atoms with E-state index in [2.05, 4.69) is 6.92 Å². The smallest absolute Gasteiger partial charge is 0.136 e. The Hall–Kier alpha value is -0.660. The van der Waals surface area contributed by atoms with Gasteiger partial charge in [-0.25, -0.2) is 0 Å². The van der Waals surface area contributed by atoms with Crippen LogP contribution < -0.4 is 0 Å². The molecule has 1 saturated carbocycles. The summed E-state index contributed by atoms with van der Waals surface area (Å²) in [5.74, 6) is 1.48. The number of hydrogen-bond donors (Lipinski definition) is 0. The monoisotopic (exact) mass is 196 g/mol. The fourth-order valence-electron chi connectivity index (χ4n) is 2.09. The van der Waals surface area contributed by atoms with Crippen molar-refractivity contribution in [2.24, 2.45) is 11.8 Å². The minimum Gasteiger partial charge on any atom is -0.300 e. The standard InChI is InChI=1S/C12H20O2/c1-9-3-6-11(7-4-9)12(14)8-5-10(2)13/h9,11H,3-8H2,1-2H3/t9-,11-. The first-order valence-corrected chi connectivity index (χ1v) is 5.61. The van der Waals surface area contributed by atoms with E-state index in [4.69, 9.17) is 0 Å². The normalized spacial score (nSPS) is 27.3. The second-order valence-corrected chi connectivity index (χ2v) is 4.63. The first kappa shape index (κ1) is 11.4. The van der Waals surface area contributed by atoms with E-state index in [9.17, 15) is 9.59 Å².